The Kier molecular flexibility index (Phi) is 4.46. The third kappa shape index (κ3) is 3.34. The second-order valence-electron chi connectivity index (χ2n) is 5.64. The minimum atomic E-state index is -0.945. The van der Waals surface area contributed by atoms with Crippen LogP contribution in [0.15, 0.2) is 47.3 Å². The van der Waals surface area contributed by atoms with E-state index in [1.54, 1.807) is 49.5 Å². The molecule has 1 atom stereocenters. The number of hydrogen-bond acceptors (Lipinski definition) is 4. The van der Waals surface area contributed by atoms with Gasteiger partial charge in [0, 0.05) is 17.6 Å². The Bertz CT molecular complexity index is 1020. The van der Waals surface area contributed by atoms with Crippen molar-refractivity contribution in [1.82, 2.24) is 9.55 Å². The van der Waals surface area contributed by atoms with Crippen LogP contribution in [-0.2, 0) is 11.8 Å². The van der Waals surface area contributed by atoms with Crippen LogP contribution in [0.1, 0.15) is 27.6 Å². The number of rotatable bonds is 4. The molecule has 2 aromatic carbocycles. The van der Waals surface area contributed by atoms with Crippen LogP contribution in [0.4, 0.5) is 0 Å². The Morgan fingerprint density at radius 2 is 1.76 bits per heavy atom. The number of Topliss-reactive ketones (excluding diaryl/α,β-unsaturated/α-hetero) is 1. The van der Waals surface area contributed by atoms with Gasteiger partial charge in [0.2, 0.25) is 5.78 Å². The zero-order valence-electron chi connectivity index (χ0n) is 13.6. The molecule has 25 heavy (non-hydrogen) atoms. The van der Waals surface area contributed by atoms with Crippen LogP contribution in [-0.4, -0.2) is 27.4 Å². The van der Waals surface area contributed by atoms with E-state index >= 15 is 0 Å². The number of nitrogens with zero attached hydrogens (tertiary/aromatic N) is 1. The fourth-order valence-electron chi connectivity index (χ4n) is 2.48. The van der Waals surface area contributed by atoms with Gasteiger partial charge in [0.1, 0.15) is 0 Å². The third-order valence-electron chi connectivity index (χ3n) is 3.92. The molecule has 6 nitrogen and oxygen atoms in total. The summed E-state index contributed by atoms with van der Waals surface area (Å²) in [4.78, 5) is 38.9. The molecule has 3 aromatic rings. The number of esters is 1. The van der Waals surface area contributed by atoms with Crippen molar-refractivity contribution in [2.24, 2.45) is 7.05 Å². The number of fused-ring (bicyclic) bond motifs is 1. The van der Waals surface area contributed by atoms with Gasteiger partial charge in [-0.1, -0.05) is 11.6 Å². The molecular weight excluding hydrogens is 344 g/mol. The zero-order valence-corrected chi connectivity index (χ0v) is 14.3. The Morgan fingerprint density at radius 3 is 2.44 bits per heavy atom. The van der Waals surface area contributed by atoms with Crippen LogP contribution >= 0.6 is 11.6 Å². The minimum absolute atomic E-state index is 0.262. The van der Waals surface area contributed by atoms with Crippen molar-refractivity contribution in [3.05, 3.63) is 69.1 Å². The van der Waals surface area contributed by atoms with E-state index in [2.05, 4.69) is 4.98 Å². The molecule has 0 aliphatic heterocycles. The predicted octanol–water partition coefficient (Wildman–Crippen LogP) is 2.95. The summed E-state index contributed by atoms with van der Waals surface area (Å²) in [5, 5.41) is 0.520. The molecular formula is C18H15ClN2O4. The molecule has 0 saturated heterocycles. The number of aromatic nitrogens is 2. The van der Waals surface area contributed by atoms with E-state index in [9.17, 15) is 14.4 Å². The Labute approximate surface area is 148 Å². The van der Waals surface area contributed by atoms with E-state index in [-0.39, 0.29) is 17.0 Å². The van der Waals surface area contributed by atoms with Crippen LogP contribution < -0.4 is 5.69 Å². The minimum Gasteiger partial charge on any atom is -0.451 e. The van der Waals surface area contributed by atoms with Gasteiger partial charge in [-0.05, 0) is 49.4 Å². The lowest BCUT2D eigenvalue weighted by atomic mass is 10.1. The first-order valence-electron chi connectivity index (χ1n) is 7.56. The monoisotopic (exact) mass is 358 g/mol. The van der Waals surface area contributed by atoms with Crippen LogP contribution in [0.5, 0.6) is 0 Å². The highest BCUT2D eigenvalue weighted by Crippen LogP contribution is 2.16. The molecule has 3 rings (SSSR count). The Balaban J connectivity index is 1.79. The molecule has 0 spiro atoms. The molecule has 0 radical (unpaired) electrons. The number of H-pyrrole nitrogens is 1. The summed E-state index contributed by atoms with van der Waals surface area (Å²) in [7, 11) is 1.60. The highest BCUT2D eigenvalue weighted by molar-refractivity contribution is 6.30. The van der Waals surface area contributed by atoms with Gasteiger partial charge in [-0.15, -0.1) is 0 Å². The van der Waals surface area contributed by atoms with E-state index in [0.29, 0.717) is 21.6 Å². The number of benzene rings is 2. The molecule has 0 saturated carbocycles. The Hall–Kier alpha value is -2.86. The summed E-state index contributed by atoms with van der Waals surface area (Å²) in [6, 6.07) is 11.1. The largest absolute Gasteiger partial charge is 0.451 e. The third-order valence-corrected chi connectivity index (χ3v) is 4.17. The SMILES string of the molecule is CC(OC(=O)c1ccc2[nH]c(=O)n(C)c2c1)C(=O)c1ccc(Cl)cc1. The molecule has 7 heteroatoms. The summed E-state index contributed by atoms with van der Waals surface area (Å²) in [5.74, 6) is -0.953. The van der Waals surface area contributed by atoms with Gasteiger partial charge < -0.3 is 9.72 Å². The molecule has 1 unspecified atom stereocenters. The lowest BCUT2D eigenvalue weighted by molar-refractivity contribution is 0.0319. The van der Waals surface area contributed by atoms with E-state index in [0.717, 1.165) is 0 Å². The van der Waals surface area contributed by atoms with Gasteiger partial charge >= 0.3 is 11.7 Å². The summed E-state index contributed by atoms with van der Waals surface area (Å²) < 4.78 is 6.66. The average Bonchev–Trinajstić information content (AvgIpc) is 2.88. The van der Waals surface area contributed by atoms with Crippen molar-refractivity contribution in [1.29, 1.82) is 0 Å². The molecule has 1 N–H and O–H groups in total. The van der Waals surface area contributed by atoms with E-state index in [1.807, 2.05) is 0 Å². The van der Waals surface area contributed by atoms with Gasteiger partial charge in [0.25, 0.3) is 0 Å². The topological polar surface area (TPSA) is 81.2 Å². The highest BCUT2D eigenvalue weighted by Gasteiger charge is 2.21. The zero-order chi connectivity index (χ0) is 18.1. The average molecular weight is 359 g/mol. The Morgan fingerprint density at radius 1 is 1.12 bits per heavy atom. The van der Waals surface area contributed by atoms with Crippen molar-refractivity contribution in [3.63, 3.8) is 0 Å². The lowest BCUT2D eigenvalue weighted by Gasteiger charge is -2.12. The van der Waals surface area contributed by atoms with Crippen LogP contribution in [0, 0.1) is 0 Å². The molecule has 1 aromatic heterocycles. The molecule has 0 aliphatic carbocycles. The number of halogens is 1. The number of ketones is 1. The van der Waals surface area contributed by atoms with Gasteiger partial charge in [0.15, 0.2) is 6.10 Å². The molecule has 128 valence electrons. The second-order valence-corrected chi connectivity index (χ2v) is 6.08. The first-order chi connectivity index (χ1) is 11.9. The fraction of sp³-hybridized carbons (Fsp3) is 0.167. The summed E-state index contributed by atoms with van der Waals surface area (Å²) in [5.41, 5.74) is 1.60. The standard InChI is InChI=1S/C18H15ClN2O4/c1-10(16(22)11-3-6-13(19)7-4-11)25-17(23)12-5-8-14-15(9-12)21(2)18(24)20-14/h3-10H,1-2H3,(H,20,24). The number of aryl methyl sites for hydroxylation is 1. The molecule has 0 fully saturated rings. The number of nitrogens with one attached hydrogen (secondary N) is 1. The maximum atomic E-state index is 12.3. The number of ether oxygens (including phenoxy) is 1. The smallest absolute Gasteiger partial charge is 0.338 e. The van der Waals surface area contributed by atoms with Crippen molar-refractivity contribution in [3.8, 4) is 0 Å². The quantitative estimate of drug-likeness (QED) is 0.574. The molecule has 0 amide bonds. The number of carbonyl (C=O) groups is 2. The van der Waals surface area contributed by atoms with Crippen LogP contribution in [0.2, 0.25) is 5.02 Å². The maximum absolute atomic E-state index is 12.3. The maximum Gasteiger partial charge on any atom is 0.338 e. The van der Waals surface area contributed by atoms with Crippen LogP contribution in [0.25, 0.3) is 11.0 Å². The van der Waals surface area contributed by atoms with Crippen molar-refractivity contribution in [2.75, 3.05) is 0 Å². The first kappa shape index (κ1) is 17.0. The van der Waals surface area contributed by atoms with Crippen molar-refractivity contribution >= 4 is 34.4 Å². The fourth-order valence-corrected chi connectivity index (χ4v) is 2.61. The number of carbonyl (C=O) groups excluding carboxylic acids is 2. The summed E-state index contributed by atoms with van der Waals surface area (Å²) >= 11 is 5.80. The lowest BCUT2D eigenvalue weighted by Crippen LogP contribution is -2.24. The van der Waals surface area contributed by atoms with E-state index < -0.39 is 12.1 Å². The number of hydrogen-bond donors (Lipinski definition) is 1. The molecule has 0 aliphatic rings. The highest BCUT2D eigenvalue weighted by atomic mass is 35.5. The second kappa shape index (κ2) is 6.57. The summed E-state index contributed by atoms with van der Waals surface area (Å²) in [6.07, 6.45) is -0.945. The number of imidazole rings is 1. The number of aromatic amines is 1. The van der Waals surface area contributed by atoms with Gasteiger partial charge in [-0.25, -0.2) is 9.59 Å². The summed E-state index contributed by atoms with van der Waals surface area (Å²) in [6.45, 7) is 1.51. The van der Waals surface area contributed by atoms with Gasteiger partial charge in [0.05, 0.1) is 16.6 Å². The van der Waals surface area contributed by atoms with Crippen molar-refractivity contribution < 1.29 is 14.3 Å². The first-order valence-corrected chi connectivity index (χ1v) is 7.94. The molecule has 0 bridgehead atoms. The van der Waals surface area contributed by atoms with Crippen molar-refractivity contribution in [2.45, 2.75) is 13.0 Å². The normalized spacial score (nSPS) is 12.1. The van der Waals surface area contributed by atoms with Gasteiger partial charge in [-0.2, -0.15) is 0 Å². The van der Waals surface area contributed by atoms with Crippen LogP contribution in [0.3, 0.4) is 0 Å². The van der Waals surface area contributed by atoms with E-state index in [1.165, 1.54) is 11.5 Å². The predicted molar refractivity (Wildman–Crippen MR) is 94.2 cm³/mol. The molecule has 1 heterocycles. The van der Waals surface area contributed by atoms with Gasteiger partial charge in [-0.3, -0.25) is 9.36 Å². The van der Waals surface area contributed by atoms with E-state index in [4.69, 9.17) is 16.3 Å².